The molecular weight excluding hydrogens is 536 g/mol. The van der Waals surface area contributed by atoms with Gasteiger partial charge in [0, 0.05) is 31.6 Å². The number of aromatic nitrogens is 4. The Labute approximate surface area is 239 Å². The van der Waals surface area contributed by atoms with Crippen molar-refractivity contribution in [2.75, 3.05) is 23.1 Å². The van der Waals surface area contributed by atoms with Gasteiger partial charge in [0.25, 0.3) is 0 Å². The van der Waals surface area contributed by atoms with Crippen molar-refractivity contribution in [2.45, 2.75) is 43.5 Å². The van der Waals surface area contributed by atoms with Gasteiger partial charge in [0.1, 0.15) is 6.23 Å². The molecule has 41 heavy (non-hydrogen) atoms. The van der Waals surface area contributed by atoms with Crippen molar-refractivity contribution < 1.29 is 13.2 Å². The number of rotatable bonds is 9. The summed E-state index contributed by atoms with van der Waals surface area (Å²) in [6, 6.07) is 27.2. The van der Waals surface area contributed by atoms with Gasteiger partial charge in [-0.05, 0) is 54.7 Å². The lowest BCUT2D eigenvalue weighted by Gasteiger charge is -2.26. The smallest absolute Gasteiger partial charge is 0.231 e. The molecule has 0 amide bonds. The minimum absolute atomic E-state index is 0.143. The van der Waals surface area contributed by atoms with Gasteiger partial charge < -0.3 is 15.0 Å². The molecule has 6 rings (SSSR count). The number of sulfone groups is 1. The maximum Gasteiger partial charge on any atom is 0.231 e. The molecule has 1 aliphatic rings. The second-order valence-corrected chi connectivity index (χ2v) is 12.3. The van der Waals surface area contributed by atoms with E-state index in [9.17, 15) is 8.42 Å². The fourth-order valence-corrected chi connectivity index (χ4v) is 5.69. The zero-order chi connectivity index (χ0) is 28.2. The number of benzene rings is 3. The van der Waals surface area contributed by atoms with E-state index in [0.29, 0.717) is 48.3 Å². The Hall–Kier alpha value is -4.28. The van der Waals surface area contributed by atoms with Crippen LogP contribution in [0, 0.1) is 0 Å². The molecule has 1 aliphatic heterocycles. The minimum atomic E-state index is -3.30. The van der Waals surface area contributed by atoms with Crippen molar-refractivity contribution >= 4 is 38.5 Å². The first kappa shape index (κ1) is 26.9. The van der Waals surface area contributed by atoms with Crippen LogP contribution in [0.15, 0.2) is 96.2 Å². The van der Waals surface area contributed by atoms with Crippen LogP contribution in [-0.2, 0) is 27.7 Å². The molecule has 0 aliphatic carbocycles. The van der Waals surface area contributed by atoms with E-state index in [1.165, 1.54) is 6.26 Å². The van der Waals surface area contributed by atoms with Gasteiger partial charge in [0.15, 0.2) is 26.8 Å². The molecule has 1 saturated heterocycles. The number of hydrogen-bond acceptors (Lipinski definition) is 8. The van der Waals surface area contributed by atoms with E-state index in [-0.39, 0.29) is 11.1 Å². The molecule has 1 atom stereocenters. The molecule has 10 heteroatoms. The number of anilines is 3. The van der Waals surface area contributed by atoms with Gasteiger partial charge >= 0.3 is 0 Å². The Balaban J connectivity index is 1.45. The highest BCUT2D eigenvalue weighted by atomic mass is 32.2. The molecule has 0 radical (unpaired) electrons. The number of nitrogens with one attached hydrogen (secondary N) is 1. The Morgan fingerprint density at radius 2 is 1.56 bits per heavy atom. The van der Waals surface area contributed by atoms with Gasteiger partial charge in [0.2, 0.25) is 5.95 Å². The molecule has 3 aromatic carbocycles. The number of ether oxygens (including phenoxy) is 1. The van der Waals surface area contributed by atoms with E-state index in [2.05, 4.69) is 34.5 Å². The van der Waals surface area contributed by atoms with Gasteiger partial charge in [-0.2, -0.15) is 9.97 Å². The van der Waals surface area contributed by atoms with Gasteiger partial charge in [0.05, 0.1) is 11.2 Å². The molecular formula is C31H32N6O3S. The Morgan fingerprint density at radius 3 is 2.15 bits per heavy atom. The fourth-order valence-electron chi connectivity index (χ4n) is 5.06. The highest BCUT2D eigenvalue weighted by Crippen LogP contribution is 2.32. The minimum Gasteiger partial charge on any atom is -0.358 e. The van der Waals surface area contributed by atoms with E-state index in [4.69, 9.17) is 19.7 Å². The quantitative estimate of drug-likeness (QED) is 0.235. The summed E-state index contributed by atoms with van der Waals surface area (Å²) in [5, 5.41) is 3.29. The predicted molar refractivity (Wildman–Crippen MR) is 160 cm³/mol. The summed E-state index contributed by atoms with van der Waals surface area (Å²) in [5.74, 6) is 1.09. The van der Waals surface area contributed by atoms with Gasteiger partial charge in [-0.1, -0.05) is 60.7 Å². The summed E-state index contributed by atoms with van der Waals surface area (Å²) in [7, 11) is -3.30. The van der Waals surface area contributed by atoms with E-state index in [1.807, 2.05) is 41.0 Å². The standard InChI is InChI=1S/C31H32N6O3S/c1-41(38,39)26-17-15-25(16-18-26)33-31-34-29(28-30(35-31)37(22-32-28)27-14-8-9-19-40-27)36(20-23-10-4-2-5-11-23)21-24-12-6-3-7-13-24/h2-7,10-13,15-18,22,27H,8-9,14,19-21H2,1H3,(H,33,34,35). The first-order chi connectivity index (χ1) is 19.9. The average Bonchev–Trinajstić information content (AvgIpc) is 3.42. The van der Waals surface area contributed by atoms with E-state index in [1.54, 1.807) is 30.6 Å². The summed E-state index contributed by atoms with van der Waals surface area (Å²) in [4.78, 5) is 17.1. The third kappa shape index (κ3) is 6.23. The van der Waals surface area contributed by atoms with Crippen LogP contribution in [0.4, 0.5) is 17.5 Å². The van der Waals surface area contributed by atoms with Crippen LogP contribution in [0.3, 0.4) is 0 Å². The second kappa shape index (κ2) is 11.7. The number of hydrogen-bond donors (Lipinski definition) is 1. The highest BCUT2D eigenvalue weighted by molar-refractivity contribution is 7.90. The third-order valence-corrected chi connectivity index (χ3v) is 8.27. The zero-order valence-electron chi connectivity index (χ0n) is 22.8. The lowest BCUT2D eigenvalue weighted by atomic mass is 10.1. The lowest BCUT2D eigenvalue weighted by Crippen LogP contribution is -2.24. The van der Waals surface area contributed by atoms with Crippen LogP contribution >= 0.6 is 0 Å². The van der Waals surface area contributed by atoms with Crippen LogP contribution in [0.1, 0.15) is 36.6 Å². The SMILES string of the molecule is CS(=O)(=O)c1ccc(Nc2nc(N(Cc3ccccc3)Cc3ccccc3)c3ncn(C4CCCCO4)c3n2)cc1. The molecule has 5 aromatic rings. The zero-order valence-corrected chi connectivity index (χ0v) is 23.7. The number of imidazole rings is 1. The summed E-state index contributed by atoms with van der Waals surface area (Å²) < 4.78 is 32.0. The van der Waals surface area contributed by atoms with Crippen molar-refractivity contribution in [3.63, 3.8) is 0 Å². The van der Waals surface area contributed by atoms with Gasteiger partial charge in [-0.25, -0.2) is 13.4 Å². The Bertz CT molecular complexity index is 1680. The van der Waals surface area contributed by atoms with E-state index >= 15 is 0 Å². The fraction of sp³-hybridized carbons (Fsp3) is 0.258. The van der Waals surface area contributed by atoms with Crippen molar-refractivity contribution in [2.24, 2.45) is 0 Å². The predicted octanol–water partition coefficient (Wildman–Crippen LogP) is 5.88. The van der Waals surface area contributed by atoms with E-state index < -0.39 is 9.84 Å². The first-order valence-electron chi connectivity index (χ1n) is 13.7. The lowest BCUT2D eigenvalue weighted by molar-refractivity contribution is -0.0298. The molecule has 1 unspecified atom stereocenters. The monoisotopic (exact) mass is 568 g/mol. The highest BCUT2D eigenvalue weighted by Gasteiger charge is 2.24. The second-order valence-electron chi connectivity index (χ2n) is 10.3. The molecule has 2 aromatic heterocycles. The summed E-state index contributed by atoms with van der Waals surface area (Å²) in [6.45, 7) is 1.95. The van der Waals surface area contributed by atoms with Crippen molar-refractivity contribution in [1.82, 2.24) is 19.5 Å². The Morgan fingerprint density at radius 1 is 0.902 bits per heavy atom. The molecule has 1 N–H and O–H groups in total. The molecule has 0 bridgehead atoms. The van der Waals surface area contributed by atoms with E-state index in [0.717, 1.165) is 30.4 Å². The van der Waals surface area contributed by atoms with Crippen molar-refractivity contribution in [1.29, 1.82) is 0 Å². The molecule has 0 spiro atoms. The van der Waals surface area contributed by atoms with Crippen molar-refractivity contribution in [3.05, 3.63) is 102 Å². The maximum atomic E-state index is 12.0. The third-order valence-electron chi connectivity index (χ3n) is 7.14. The van der Waals surface area contributed by atoms with Crippen LogP contribution < -0.4 is 10.2 Å². The first-order valence-corrected chi connectivity index (χ1v) is 15.6. The largest absolute Gasteiger partial charge is 0.358 e. The maximum absolute atomic E-state index is 12.0. The van der Waals surface area contributed by atoms with Gasteiger partial charge in [-0.3, -0.25) is 4.57 Å². The molecule has 210 valence electrons. The molecule has 1 fully saturated rings. The summed E-state index contributed by atoms with van der Waals surface area (Å²) in [5.41, 5.74) is 4.36. The van der Waals surface area contributed by atoms with Crippen LogP contribution in [0.2, 0.25) is 0 Å². The summed E-state index contributed by atoms with van der Waals surface area (Å²) in [6.07, 6.45) is 5.86. The van der Waals surface area contributed by atoms with Crippen molar-refractivity contribution in [3.8, 4) is 0 Å². The Kier molecular flexibility index (Phi) is 7.67. The van der Waals surface area contributed by atoms with Crippen LogP contribution in [-0.4, -0.2) is 40.8 Å². The molecule has 0 saturated carbocycles. The van der Waals surface area contributed by atoms with Crippen LogP contribution in [0.5, 0.6) is 0 Å². The molecule has 9 nitrogen and oxygen atoms in total. The normalized spacial score (nSPS) is 15.6. The van der Waals surface area contributed by atoms with Gasteiger partial charge in [-0.15, -0.1) is 0 Å². The van der Waals surface area contributed by atoms with Crippen LogP contribution in [0.25, 0.3) is 11.2 Å². The molecule has 3 heterocycles. The number of nitrogens with zero attached hydrogens (tertiary/aromatic N) is 5. The number of fused-ring (bicyclic) bond motifs is 1. The average molecular weight is 569 g/mol. The topological polar surface area (TPSA) is 102 Å². The summed E-state index contributed by atoms with van der Waals surface area (Å²) >= 11 is 0.